The van der Waals surface area contributed by atoms with Gasteiger partial charge in [-0.05, 0) is 74.7 Å². The first kappa shape index (κ1) is 22.1. The van der Waals surface area contributed by atoms with E-state index in [2.05, 4.69) is 18.7 Å². The van der Waals surface area contributed by atoms with Gasteiger partial charge in [-0.2, -0.15) is 0 Å². The predicted octanol–water partition coefficient (Wildman–Crippen LogP) is 4.81. The van der Waals surface area contributed by atoms with E-state index >= 15 is 0 Å². The lowest BCUT2D eigenvalue weighted by atomic mass is 10.2. The zero-order valence-electron chi connectivity index (χ0n) is 18.5. The van der Waals surface area contributed by atoms with Crippen molar-refractivity contribution in [2.24, 2.45) is 0 Å². The quantitative estimate of drug-likeness (QED) is 0.508. The van der Waals surface area contributed by atoms with Gasteiger partial charge in [0.15, 0.2) is 0 Å². The number of rotatable bonds is 8. The Bertz CT molecular complexity index is 1070. The number of halogens is 1. The molecular formula is C26H29FN2O3. The minimum atomic E-state index is -0.288. The number of pyridine rings is 1. The lowest BCUT2D eigenvalue weighted by Crippen LogP contribution is -2.36. The Morgan fingerprint density at radius 3 is 2.25 bits per heavy atom. The first-order valence-corrected chi connectivity index (χ1v) is 11.1. The van der Waals surface area contributed by atoms with Crippen LogP contribution in [0.4, 0.5) is 4.39 Å². The molecule has 0 aliphatic carbocycles. The molecule has 1 aliphatic rings. The average molecular weight is 437 g/mol. The maximum Gasteiger partial charge on any atom is 0.258 e. The molecule has 0 saturated carbocycles. The fourth-order valence-corrected chi connectivity index (χ4v) is 4.17. The second-order valence-corrected chi connectivity index (χ2v) is 8.34. The maximum absolute atomic E-state index is 13.0. The summed E-state index contributed by atoms with van der Waals surface area (Å²) in [6.07, 6.45) is 4.19. The van der Waals surface area contributed by atoms with E-state index in [-0.39, 0.29) is 18.0 Å². The Kier molecular flexibility index (Phi) is 6.90. The lowest BCUT2D eigenvalue weighted by molar-refractivity contribution is 0.170. The zero-order chi connectivity index (χ0) is 22.5. The Hall–Kier alpha value is -3.12. The smallest absolute Gasteiger partial charge is 0.258 e. The molecule has 0 amide bonds. The van der Waals surface area contributed by atoms with E-state index in [1.165, 1.54) is 31.0 Å². The minimum Gasteiger partial charge on any atom is -0.492 e. The number of nitrogens with zero attached hydrogens (tertiary/aromatic N) is 2. The summed E-state index contributed by atoms with van der Waals surface area (Å²) >= 11 is 0. The van der Waals surface area contributed by atoms with E-state index in [0.29, 0.717) is 24.4 Å². The molecule has 6 heteroatoms. The van der Waals surface area contributed by atoms with Crippen LogP contribution in [0.2, 0.25) is 0 Å². The molecule has 5 nitrogen and oxygen atoms in total. The molecule has 0 N–H and O–H groups in total. The SMILES string of the molecule is C[C@@H]1CC[C@@H](C)N1CCOc1ccc(-n2ccc(OCc3ccc(F)cc3)cc2=O)cc1. The van der Waals surface area contributed by atoms with Gasteiger partial charge in [0.25, 0.3) is 5.56 Å². The van der Waals surface area contributed by atoms with Crippen molar-refractivity contribution >= 4 is 0 Å². The zero-order valence-corrected chi connectivity index (χ0v) is 18.5. The Labute approximate surface area is 188 Å². The molecule has 1 fully saturated rings. The van der Waals surface area contributed by atoms with Gasteiger partial charge in [-0.1, -0.05) is 12.1 Å². The van der Waals surface area contributed by atoms with Crippen molar-refractivity contribution in [2.75, 3.05) is 13.2 Å². The standard InChI is InChI=1S/C26H29FN2O3/c1-19-3-4-20(2)28(19)15-16-31-24-11-9-23(10-12-24)29-14-13-25(17-26(29)30)32-18-21-5-7-22(27)8-6-21/h5-14,17,19-20H,3-4,15-16,18H2,1-2H3/t19-,20-/m1/s1. The highest BCUT2D eigenvalue weighted by atomic mass is 19.1. The van der Waals surface area contributed by atoms with Crippen molar-refractivity contribution in [3.05, 3.63) is 88.6 Å². The Morgan fingerprint density at radius 1 is 0.906 bits per heavy atom. The Balaban J connectivity index is 1.33. The van der Waals surface area contributed by atoms with E-state index in [9.17, 15) is 9.18 Å². The largest absolute Gasteiger partial charge is 0.492 e. The van der Waals surface area contributed by atoms with Crippen molar-refractivity contribution < 1.29 is 13.9 Å². The number of benzene rings is 2. The van der Waals surface area contributed by atoms with Crippen molar-refractivity contribution in [2.45, 2.75) is 45.4 Å². The van der Waals surface area contributed by atoms with Crippen LogP contribution in [0.15, 0.2) is 71.7 Å². The summed E-state index contributed by atoms with van der Waals surface area (Å²) in [6.45, 7) is 6.38. The second-order valence-electron chi connectivity index (χ2n) is 8.34. The van der Waals surface area contributed by atoms with Crippen molar-refractivity contribution in [3.8, 4) is 17.2 Å². The van der Waals surface area contributed by atoms with Crippen molar-refractivity contribution in [3.63, 3.8) is 0 Å². The molecule has 168 valence electrons. The molecule has 0 radical (unpaired) electrons. The predicted molar refractivity (Wildman–Crippen MR) is 123 cm³/mol. The fraction of sp³-hybridized carbons (Fsp3) is 0.346. The van der Waals surface area contributed by atoms with Gasteiger partial charge in [0.1, 0.15) is 30.5 Å². The van der Waals surface area contributed by atoms with Crippen LogP contribution in [-0.4, -0.2) is 34.7 Å². The monoisotopic (exact) mass is 436 g/mol. The summed E-state index contributed by atoms with van der Waals surface area (Å²) < 4.78 is 26.1. The van der Waals surface area contributed by atoms with E-state index in [1.54, 1.807) is 29.0 Å². The summed E-state index contributed by atoms with van der Waals surface area (Å²) in [4.78, 5) is 15.1. The van der Waals surface area contributed by atoms with Gasteiger partial charge in [0.05, 0.1) is 0 Å². The van der Waals surface area contributed by atoms with Gasteiger partial charge in [-0.15, -0.1) is 0 Å². The second kappa shape index (κ2) is 10.0. The maximum atomic E-state index is 13.0. The molecule has 2 heterocycles. The van der Waals surface area contributed by atoms with Crippen LogP contribution in [0.3, 0.4) is 0 Å². The number of hydrogen-bond donors (Lipinski definition) is 0. The van der Waals surface area contributed by atoms with Crippen LogP contribution in [0.25, 0.3) is 5.69 Å². The number of likely N-dealkylation sites (tertiary alicyclic amines) is 1. The van der Waals surface area contributed by atoms with Crippen molar-refractivity contribution in [1.29, 1.82) is 0 Å². The van der Waals surface area contributed by atoms with E-state index in [0.717, 1.165) is 23.5 Å². The summed E-state index contributed by atoms with van der Waals surface area (Å²) in [5, 5.41) is 0. The van der Waals surface area contributed by atoms with Crippen LogP contribution in [0, 0.1) is 5.82 Å². The topological polar surface area (TPSA) is 43.7 Å². The van der Waals surface area contributed by atoms with Gasteiger partial charge < -0.3 is 9.47 Å². The first-order valence-electron chi connectivity index (χ1n) is 11.1. The number of hydrogen-bond acceptors (Lipinski definition) is 4. The van der Waals surface area contributed by atoms with Crippen LogP contribution >= 0.6 is 0 Å². The Morgan fingerprint density at radius 2 is 1.59 bits per heavy atom. The van der Waals surface area contributed by atoms with Crippen LogP contribution in [-0.2, 0) is 6.61 Å². The van der Waals surface area contributed by atoms with E-state index in [1.807, 2.05) is 24.3 Å². The van der Waals surface area contributed by atoms with Crippen LogP contribution in [0.5, 0.6) is 11.5 Å². The highest BCUT2D eigenvalue weighted by molar-refractivity contribution is 5.38. The van der Waals surface area contributed by atoms with E-state index in [4.69, 9.17) is 9.47 Å². The molecule has 3 aromatic rings. The fourth-order valence-electron chi connectivity index (χ4n) is 4.17. The van der Waals surface area contributed by atoms with Gasteiger partial charge >= 0.3 is 0 Å². The van der Waals surface area contributed by atoms with Gasteiger partial charge in [0.2, 0.25) is 0 Å². The molecule has 1 aromatic heterocycles. The lowest BCUT2D eigenvalue weighted by Gasteiger charge is -2.25. The molecule has 4 rings (SSSR count). The minimum absolute atomic E-state index is 0.188. The molecule has 1 saturated heterocycles. The molecular weight excluding hydrogens is 407 g/mol. The van der Waals surface area contributed by atoms with Crippen molar-refractivity contribution in [1.82, 2.24) is 9.47 Å². The van der Waals surface area contributed by atoms with Gasteiger partial charge in [0, 0.05) is 36.6 Å². The molecule has 32 heavy (non-hydrogen) atoms. The van der Waals surface area contributed by atoms with Crippen LogP contribution < -0.4 is 15.0 Å². The molecule has 0 unspecified atom stereocenters. The number of aromatic nitrogens is 1. The third-order valence-electron chi connectivity index (χ3n) is 6.08. The highest BCUT2D eigenvalue weighted by Crippen LogP contribution is 2.23. The molecule has 0 spiro atoms. The first-order chi connectivity index (χ1) is 15.5. The summed E-state index contributed by atoms with van der Waals surface area (Å²) in [5.74, 6) is 0.977. The van der Waals surface area contributed by atoms with Crippen LogP contribution in [0.1, 0.15) is 32.3 Å². The van der Waals surface area contributed by atoms with Gasteiger partial charge in [-0.25, -0.2) is 4.39 Å². The molecule has 2 atom stereocenters. The van der Waals surface area contributed by atoms with Gasteiger partial charge in [-0.3, -0.25) is 14.3 Å². The number of ether oxygens (including phenoxy) is 2. The third kappa shape index (κ3) is 5.37. The summed E-state index contributed by atoms with van der Waals surface area (Å²) in [7, 11) is 0. The average Bonchev–Trinajstić information content (AvgIpc) is 3.11. The summed E-state index contributed by atoms with van der Waals surface area (Å²) in [6, 6.07) is 18.0. The van der Waals surface area contributed by atoms with E-state index < -0.39 is 0 Å². The molecule has 2 aromatic carbocycles. The summed E-state index contributed by atoms with van der Waals surface area (Å²) in [5.41, 5.74) is 1.40. The third-order valence-corrected chi connectivity index (χ3v) is 6.08. The molecule has 0 bridgehead atoms. The molecule has 1 aliphatic heterocycles. The normalized spacial score (nSPS) is 18.6. The highest BCUT2D eigenvalue weighted by Gasteiger charge is 2.26.